The standard InChI is InChI=1S/C14H18N2O/c1-4-5-6-11-7-8-13-12(9-11)15-10(2)14(17)16(13)3/h7-9H,4-6H2,1-3H3. The number of rotatable bonds is 3. The predicted molar refractivity (Wildman–Crippen MR) is 70.3 cm³/mol. The highest BCUT2D eigenvalue weighted by molar-refractivity contribution is 5.75. The molecule has 0 N–H and O–H groups in total. The lowest BCUT2D eigenvalue weighted by atomic mass is 10.1. The molecule has 0 aliphatic heterocycles. The number of fused-ring (bicyclic) bond motifs is 1. The zero-order valence-electron chi connectivity index (χ0n) is 10.7. The summed E-state index contributed by atoms with van der Waals surface area (Å²) in [4.78, 5) is 16.1. The van der Waals surface area contributed by atoms with E-state index in [0.29, 0.717) is 5.69 Å². The summed E-state index contributed by atoms with van der Waals surface area (Å²) in [6.07, 6.45) is 3.46. The minimum atomic E-state index is -0.0150. The van der Waals surface area contributed by atoms with Crippen LogP contribution in [0, 0.1) is 6.92 Å². The predicted octanol–water partition coefficient (Wildman–Crippen LogP) is 2.58. The second kappa shape index (κ2) is 4.70. The Labute approximate surface area is 101 Å². The monoisotopic (exact) mass is 230 g/mol. The second-order valence-corrected chi connectivity index (χ2v) is 4.49. The smallest absolute Gasteiger partial charge is 0.272 e. The van der Waals surface area contributed by atoms with E-state index < -0.39 is 0 Å². The summed E-state index contributed by atoms with van der Waals surface area (Å²) in [6, 6.07) is 6.18. The van der Waals surface area contributed by atoms with Crippen molar-refractivity contribution < 1.29 is 0 Å². The lowest BCUT2D eigenvalue weighted by Gasteiger charge is -2.07. The zero-order valence-corrected chi connectivity index (χ0v) is 10.7. The Hall–Kier alpha value is -1.64. The maximum atomic E-state index is 11.7. The maximum absolute atomic E-state index is 11.7. The Bertz CT molecular complexity index is 599. The summed E-state index contributed by atoms with van der Waals surface area (Å²) in [5.41, 5.74) is 3.66. The van der Waals surface area contributed by atoms with Gasteiger partial charge in [-0.2, -0.15) is 0 Å². The maximum Gasteiger partial charge on any atom is 0.272 e. The quantitative estimate of drug-likeness (QED) is 0.812. The lowest BCUT2D eigenvalue weighted by molar-refractivity contribution is 0.794. The van der Waals surface area contributed by atoms with Crippen molar-refractivity contribution in [2.45, 2.75) is 33.1 Å². The molecule has 0 unspecified atom stereocenters. The zero-order chi connectivity index (χ0) is 12.4. The summed E-state index contributed by atoms with van der Waals surface area (Å²) in [6.45, 7) is 3.95. The van der Waals surface area contributed by atoms with Gasteiger partial charge in [0.05, 0.1) is 11.0 Å². The first-order chi connectivity index (χ1) is 8.13. The third-order valence-corrected chi connectivity index (χ3v) is 3.12. The Morgan fingerprint density at radius 3 is 2.82 bits per heavy atom. The highest BCUT2D eigenvalue weighted by Gasteiger charge is 2.05. The van der Waals surface area contributed by atoms with Gasteiger partial charge in [0.2, 0.25) is 0 Å². The van der Waals surface area contributed by atoms with E-state index in [-0.39, 0.29) is 5.56 Å². The van der Waals surface area contributed by atoms with Gasteiger partial charge < -0.3 is 4.57 Å². The van der Waals surface area contributed by atoms with Gasteiger partial charge >= 0.3 is 0 Å². The van der Waals surface area contributed by atoms with Crippen molar-refractivity contribution in [2.75, 3.05) is 0 Å². The molecule has 2 aromatic rings. The van der Waals surface area contributed by atoms with Gasteiger partial charge in [-0.1, -0.05) is 19.4 Å². The van der Waals surface area contributed by atoms with E-state index in [4.69, 9.17) is 0 Å². The molecular formula is C14H18N2O. The third-order valence-electron chi connectivity index (χ3n) is 3.12. The molecule has 0 spiro atoms. The minimum Gasteiger partial charge on any atom is -0.308 e. The highest BCUT2D eigenvalue weighted by Crippen LogP contribution is 2.14. The molecule has 1 aromatic carbocycles. The van der Waals surface area contributed by atoms with Gasteiger partial charge in [0.25, 0.3) is 5.56 Å². The molecular weight excluding hydrogens is 212 g/mol. The summed E-state index contributed by atoms with van der Waals surface area (Å²) in [7, 11) is 1.80. The van der Waals surface area contributed by atoms with Gasteiger partial charge in [-0.3, -0.25) is 4.79 Å². The largest absolute Gasteiger partial charge is 0.308 e. The van der Waals surface area contributed by atoms with Gasteiger partial charge in [-0.25, -0.2) is 4.98 Å². The van der Waals surface area contributed by atoms with Gasteiger partial charge in [0.15, 0.2) is 0 Å². The average molecular weight is 230 g/mol. The number of nitrogens with zero attached hydrogens (tertiary/aromatic N) is 2. The van der Waals surface area contributed by atoms with Gasteiger partial charge in [-0.15, -0.1) is 0 Å². The van der Waals surface area contributed by atoms with Crippen molar-refractivity contribution in [3.05, 3.63) is 39.8 Å². The van der Waals surface area contributed by atoms with Crippen LogP contribution < -0.4 is 5.56 Å². The Kier molecular flexibility index (Phi) is 3.27. The topological polar surface area (TPSA) is 34.9 Å². The Morgan fingerprint density at radius 1 is 1.35 bits per heavy atom. The highest BCUT2D eigenvalue weighted by atomic mass is 16.1. The molecule has 0 saturated heterocycles. The first-order valence-electron chi connectivity index (χ1n) is 6.09. The molecule has 3 nitrogen and oxygen atoms in total. The normalized spacial score (nSPS) is 11.0. The second-order valence-electron chi connectivity index (χ2n) is 4.49. The molecule has 0 saturated carbocycles. The van der Waals surface area contributed by atoms with Crippen LogP contribution in [-0.4, -0.2) is 9.55 Å². The van der Waals surface area contributed by atoms with E-state index in [0.717, 1.165) is 17.5 Å². The van der Waals surface area contributed by atoms with E-state index in [2.05, 4.69) is 24.0 Å². The van der Waals surface area contributed by atoms with Gasteiger partial charge in [0, 0.05) is 7.05 Å². The molecule has 0 aliphatic carbocycles. The fraction of sp³-hybridized carbons (Fsp3) is 0.429. The molecule has 0 radical (unpaired) electrons. The van der Waals surface area contributed by atoms with Crippen LogP contribution in [-0.2, 0) is 13.5 Å². The Balaban J connectivity index is 2.55. The summed E-state index contributed by atoms with van der Waals surface area (Å²) < 4.78 is 1.67. The first-order valence-corrected chi connectivity index (χ1v) is 6.09. The molecule has 0 atom stereocenters. The summed E-state index contributed by atoms with van der Waals surface area (Å²) in [5.74, 6) is 0. The molecule has 0 amide bonds. The van der Waals surface area contributed by atoms with Crippen LogP contribution in [0.1, 0.15) is 31.0 Å². The molecule has 3 heteroatoms. The Morgan fingerprint density at radius 2 is 2.12 bits per heavy atom. The molecule has 0 bridgehead atoms. The SMILES string of the molecule is CCCCc1ccc2c(c1)nc(C)c(=O)n2C. The van der Waals surface area contributed by atoms with E-state index >= 15 is 0 Å². The molecule has 90 valence electrons. The number of aryl methyl sites for hydroxylation is 3. The number of unbranched alkanes of at least 4 members (excludes halogenated alkanes) is 1. The molecule has 17 heavy (non-hydrogen) atoms. The molecule has 1 heterocycles. The number of benzene rings is 1. The van der Waals surface area contributed by atoms with Crippen LogP contribution in [0.25, 0.3) is 11.0 Å². The fourth-order valence-corrected chi connectivity index (χ4v) is 2.06. The first kappa shape index (κ1) is 11.8. The third kappa shape index (κ3) is 2.23. The van der Waals surface area contributed by atoms with Gasteiger partial charge in [0.1, 0.15) is 5.69 Å². The van der Waals surface area contributed by atoms with Crippen molar-refractivity contribution >= 4 is 11.0 Å². The average Bonchev–Trinajstić information content (AvgIpc) is 2.33. The number of aromatic nitrogens is 2. The van der Waals surface area contributed by atoms with Crippen molar-refractivity contribution in [3.63, 3.8) is 0 Å². The van der Waals surface area contributed by atoms with Crippen LogP contribution in [0.15, 0.2) is 23.0 Å². The lowest BCUT2D eigenvalue weighted by Crippen LogP contribution is -2.21. The molecule has 0 fully saturated rings. The van der Waals surface area contributed by atoms with E-state index in [1.54, 1.807) is 18.5 Å². The van der Waals surface area contributed by atoms with Gasteiger partial charge in [-0.05, 0) is 37.5 Å². The van der Waals surface area contributed by atoms with Crippen LogP contribution in [0.2, 0.25) is 0 Å². The van der Waals surface area contributed by atoms with E-state index in [1.165, 1.54) is 18.4 Å². The van der Waals surface area contributed by atoms with Crippen LogP contribution >= 0.6 is 0 Å². The molecule has 2 rings (SSSR count). The van der Waals surface area contributed by atoms with Crippen LogP contribution in [0.5, 0.6) is 0 Å². The minimum absolute atomic E-state index is 0.0150. The summed E-state index contributed by atoms with van der Waals surface area (Å²) >= 11 is 0. The molecule has 1 aromatic heterocycles. The van der Waals surface area contributed by atoms with Crippen molar-refractivity contribution in [1.29, 1.82) is 0 Å². The van der Waals surface area contributed by atoms with Crippen molar-refractivity contribution in [2.24, 2.45) is 7.05 Å². The fourth-order valence-electron chi connectivity index (χ4n) is 2.06. The van der Waals surface area contributed by atoms with Crippen molar-refractivity contribution in [3.8, 4) is 0 Å². The van der Waals surface area contributed by atoms with E-state index in [9.17, 15) is 4.79 Å². The summed E-state index contributed by atoms with van der Waals surface area (Å²) in [5, 5.41) is 0. The van der Waals surface area contributed by atoms with Crippen molar-refractivity contribution in [1.82, 2.24) is 9.55 Å². The molecule has 0 aliphatic rings. The van der Waals surface area contributed by atoms with E-state index in [1.807, 2.05) is 6.07 Å². The number of hydrogen-bond acceptors (Lipinski definition) is 2. The number of hydrogen-bond donors (Lipinski definition) is 0. The van der Waals surface area contributed by atoms with Crippen LogP contribution in [0.4, 0.5) is 0 Å². The van der Waals surface area contributed by atoms with Crippen LogP contribution in [0.3, 0.4) is 0 Å².